The molecule has 2 aromatic carbocycles. The number of hydrogen-bond donors (Lipinski definition) is 4. The second-order valence-corrected chi connectivity index (χ2v) is 15.2. The van der Waals surface area contributed by atoms with Gasteiger partial charge in [-0.1, -0.05) is 153 Å². The largest absolute Gasteiger partial charge is 0.175 e. The van der Waals surface area contributed by atoms with Gasteiger partial charge in [0.1, 0.15) is 0 Å². The SMILES string of the molecule is CC(C)CCCCCCC(S)[C](S)C(c1ccccc1)(C(S)CCCCCCC(C)C)C(CC[CH]S)c1ccccc1. The van der Waals surface area contributed by atoms with Crippen molar-refractivity contribution >= 4 is 50.5 Å². The third kappa shape index (κ3) is 12.3. The number of unbranched alkanes of at least 4 members (excludes halogenated alkanes) is 6. The lowest BCUT2D eigenvalue weighted by Gasteiger charge is -2.51. The smallest absolute Gasteiger partial charge is 0.0522 e. The van der Waals surface area contributed by atoms with Crippen LogP contribution in [0.3, 0.4) is 0 Å². The Hall–Kier alpha value is -0.160. The van der Waals surface area contributed by atoms with Crippen LogP contribution in [0, 0.1) is 22.8 Å². The Bertz CT molecular complexity index is 915. The van der Waals surface area contributed by atoms with Crippen molar-refractivity contribution in [3.63, 3.8) is 0 Å². The molecule has 0 spiro atoms. The highest BCUT2D eigenvalue weighted by molar-refractivity contribution is 7.87. The molecule has 0 aliphatic rings. The lowest BCUT2D eigenvalue weighted by atomic mass is 9.60. The minimum Gasteiger partial charge on any atom is -0.175 e. The van der Waals surface area contributed by atoms with Gasteiger partial charge in [0.25, 0.3) is 0 Å². The van der Waals surface area contributed by atoms with Crippen molar-refractivity contribution in [2.45, 2.75) is 139 Å². The predicted octanol–water partition coefficient (Wildman–Crippen LogP) is 12.6. The Morgan fingerprint density at radius 2 is 1.12 bits per heavy atom. The Kier molecular flexibility index (Phi) is 19.5. The van der Waals surface area contributed by atoms with Crippen LogP contribution in [-0.2, 0) is 5.41 Å². The molecular weight excluding hydrogens is 585 g/mol. The van der Waals surface area contributed by atoms with E-state index in [0.29, 0.717) is 0 Å². The first-order valence-corrected chi connectivity index (χ1v) is 18.7. The summed E-state index contributed by atoms with van der Waals surface area (Å²) in [5.74, 6) is 3.81. The normalized spacial score (nSPS) is 15.7. The summed E-state index contributed by atoms with van der Waals surface area (Å²) in [4.78, 5) is 0. The van der Waals surface area contributed by atoms with E-state index in [1.165, 1.54) is 80.6 Å². The van der Waals surface area contributed by atoms with Gasteiger partial charge in [-0.3, -0.25) is 0 Å². The minimum absolute atomic E-state index is 0.102. The molecule has 0 saturated heterocycles. The molecule has 0 aliphatic heterocycles. The Labute approximate surface area is 283 Å². The van der Waals surface area contributed by atoms with Crippen molar-refractivity contribution in [3.05, 3.63) is 82.8 Å². The Balaban J connectivity index is 2.43. The fourth-order valence-corrected chi connectivity index (χ4v) is 8.42. The van der Waals surface area contributed by atoms with E-state index in [4.69, 9.17) is 37.9 Å². The van der Waals surface area contributed by atoms with Gasteiger partial charge in [0.15, 0.2) is 0 Å². The number of benzene rings is 2. The highest BCUT2D eigenvalue weighted by atomic mass is 32.1. The summed E-state index contributed by atoms with van der Waals surface area (Å²) in [5.41, 5.74) is 2.32. The zero-order chi connectivity index (χ0) is 30.8. The monoisotopic (exact) mass is 644 g/mol. The molecule has 4 heteroatoms. The molecule has 2 radical (unpaired) electrons. The number of hydrogen-bond acceptors (Lipinski definition) is 4. The van der Waals surface area contributed by atoms with Gasteiger partial charge in [-0.25, -0.2) is 0 Å². The number of rotatable bonds is 23. The average Bonchev–Trinajstić information content (AvgIpc) is 2.99. The zero-order valence-electron chi connectivity index (χ0n) is 26.9. The molecule has 2 rings (SSSR count). The van der Waals surface area contributed by atoms with E-state index >= 15 is 0 Å². The van der Waals surface area contributed by atoms with Crippen LogP contribution >= 0.6 is 50.5 Å². The second kappa shape index (κ2) is 21.6. The van der Waals surface area contributed by atoms with Gasteiger partial charge in [-0.05, 0) is 54.6 Å². The van der Waals surface area contributed by atoms with E-state index in [2.05, 4.69) is 101 Å². The van der Waals surface area contributed by atoms with E-state index in [-0.39, 0.29) is 21.8 Å². The summed E-state index contributed by atoms with van der Waals surface area (Å²) in [6.07, 6.45) is 16.8. The summed E-state index contributed by atoms with van der Waals surface area (Å²) >= 11 is 20.9. The summed E-state index contributed by atoms with van der Waals surface area (Å²) < 4.78 is 0. The molecule has 4 unspecified atom stereocenters. The fraction of sp³-hybridized carbons (Fsp3) is 0.632. The van der Waals surface area contributed by atoms with Crippen molar-refractivity contribution in [3.8, 4) is 0 Å². The van der Waals surface area contributed by atoms with Crippen LogP contribution in [0.1, 0.15) is 135 Å². The first-order chi connectivity index (χ1) is 20.2. The standard InChI is InChI=1S/C38H60S4/c1-30(2)20-11-5-7-17-27-35(40)37(42)38(33-24-15-10-16-25-33,36(41)28-18-8-6-12-21-31(3)4)34(26-19-29-39)32-22-13-9-14-23-32/h9-10,13-16,22-25,29-31,34-36,39-42H,5-8,11-12,17-21,26-28H2,1-4H3. The summed E-state index contributed by atoms with van der Waals surface area (Å²) in [7, 11) is 0. The van der Waals surface area contributed by atoms with Crippen molar-refractivity contribution in [1.29, 1.82) is 0 Å². The average molecular weight is 645 g/mol. The lowest BCUT2D eigenvalue weighted by molar-refractivity contribution is 0.330. The van der Waals surface area contributed by atoms with Crippen LogP contribution in [0.15, 0.2) is 60.7 Å². The minimum atomic E-state index is -0.354. The number of thiol groups is 4. The fourth-order valence-electron chi connectivity index (χ4n) is 6.55. The van der Waals surface area contributed by atoms with Crippen LogP contribution in [-0.4, -0.2) is 10.5 Å². The predicted molar refractivity (Wildman–Crippen MR) is 203 cm³/mol. The maximum absolute atomic E-state index is 5.55. The van der Waals surface area contributed by atoms with Crippen LogP contribution in [0.5, 0.6) is 0 Å². The van der Waals surface area contributed by atoms with Crippen molar-refractivity contribution in [2.75, 3.05) is 0 Å². The zero-order valence-corrected chi connectivity index (χ0v) is 30.5. The molecule has 0 heterocycles. The lowest BCUT2D eigenvalue weighted by Crippen LogP contribution is -2.48. The third-order valence-electron chi connectivity index (χ3n) is 8.87. The van der Waals surface area contributed by atoms with Crippen molar-refractivity contribution in [2.24, 2.45) is 11.8 Å². The Morgan fingerprint density at radius 1 is 0.643 bits per heavy atom. The third-order valence-corrected chi connectivity index (χ3v) is 11.2. The van der Waals surface area contributed by atoms with Crippen molar-refractivity contribution in [1.82, 2.24) is 0 Å². The quantitative estimate of drug-likeness (QED) is 0.0671. The summed E-state index contributed by atoms with van der Waals surface area (Å²) in [6, 6.07) is 22.2. The molecule has 4 atom stereocenters. The molecule has 0 aromatic heterocycles. The van der Waals surface area contributed by atoms with Crippen molar-refractivity contribution < 1.29 is 0 Å². The molecular formula is C38H60S4. The molecule has 0 nitrogen and oxygen atoms in total. The second-order valence-electron chi connectivity index (χ2n) is 13.1. The first-order valence-electron chi connectivity index (χ1n) is 16.7. The molecule has 0 aliphatic carbocycles. The van der Waals surface area contributed by atoms with Crippen LogP contribution < -0.4 is 0 Å². The molecule has 0 saturated carbocycles. The molecule has 42 heavy (non-hydrogen) atoms. The van der Waals surface area contributed by atoms with Gasteiger partial charge in [0, 0.05) is 21.7 Å². The summed E-state index contributed by atoms with van der Waals surface area (Å²) in [6.45, 7) is 9.30. The van der Waals surface area contributed by atoms with Gasteiger partial charge in [0.2, 0.25) is 0 Å². The van der Waals surface area contributed by atoms with Gasteiger partial charge in [-0.15, -0.1) is 0 Å². The molecule has 0 bridgehead atoms. The Morgan fingerprint density at radius 3 is 1.62 bits per heavy atom. The van der Waals surface area contributed by atoms with Gasteiger partial charge < -0.3 is 0 Å². The topological polar surface area (TPSA) is 0 Å². The summed E-state index contributed by atoms with van der Waals surface area (Å²) in [5, 5.41) is 1.42. The maximum Gasteiger partial charge on any atom is 0.0522 e. The van der Waals surface area contributed by atoms with E-state index < -0.39 is 0 Å². The van der Waals surface area contributed by atoms with Crippen LogP contribution in [0.25, 0.3) is 0 Å². The highest BCUT2D eigenvalue weighted by Crippen LogP contribution is 2.57. The van der Waals surface area contributed by atoms with Crippen LogP contribution in [0.4, 0.5) is 0 Å². The van der Waals surface area contributed by atoms with Gasteiger partial charge in [-0.2, -0.15) is 50.5 Å². The van der Waals surface area contributed by atoms with Crippen LogP contribution in [0.2, 0.25) is 0 Å². The highest BCUT2D eigenvalue weighted by Gasteiger charge is 2.52. The maximum atomic E-state index is 5.55. The van der Waals surface area contributed by atoms with E-state index in [1.54, 1.807) is 0 Å². The van der Waals surface area contributed by atoms with E-state index in [0.717, 1.165) is 37.5 Å². The van der Waals surface area contributed by atoms with E-state index in [1.807, 2.05) is 5.75 Å². The van der Waals surface area contributed by atoms with Gasteiger partial charge >= 0.3 is 0 Å². The molecule has 2 aromatic rings. The molecule has 0 fully saturated rings. The molecule has 236 valence electrons. The molecule has 0 amide bonds. The van der Waals surface area contributed by atoms with E-state index in [9.17, 15) is 0 Å². The molecule has 0 N–H and O–H groups in total. The van der Waals surface area contributed by atoms with Gasteiger partial charge in [0.05, 0.1) is 5.25 Å². The first kappa shape index (κ1) is 38.0.